The van der Waals surface area contributed by atoms with Crippen LogP contribution >= 0.6 is 0 Å². The minimum atomic E-state index is -0.122. The average molecular weight is 223 g/mol. The Kier molecular flexibility index (Phi) is 2.22. The molecule has 2 aromatic heterocycles. The van der Waals surface area contributed by atoms with Gasteiger partial charge in [-0.25, -0.2) is 0 Å². The molecule has 2 heterocycles. The summed E-state index contributed by atoms with van der Waals surface area (Å²) < 4.78 is 5.47. The zero-order chi connectivity index (χ0) is 11.7. The molecule has 0 spiro atoms. The first kappa shape index (κ1) is 9.78. The lowest BCUT2D eigenvalue weighted by Crippen LogP contribution is -1.98. The number of pyridine rings is 1. The number of aromatic nitrogens is 1. The first-order valence-corrected chi connectivity index (χ1v) is 5.29. The number of rotatable bonds is 2. The van der Waals surface area contributed by atoms with E-state index in [0.717, 1.165) is 0 Å². The molecule has 82 valence electrons. The molecule has 0 saturated carbocycles. The summed E-state index contributed by atoms with van der Waals surface area (Å²) in [6.45, 7) is 0. The van der Waals surface area contributed by atoms with Crippen molar-refractivity contribution < 1.29 is 9.21 Å². The summed E-state index contributed by atoms with van der Waals surface area (Å²) in [6.07, 6.45) is 1.68. The van der Waals surface area contributed by atoms with Crippen LogP contribution in [0.2, 0.25) is 0 Å². The van der Waals surface area contributed by atoms with Crippen LogP contribution in [0.3, 0.4) is 0 Å². The van der Waals surface area contributed by atoms with Crippen LogP contribution in [0, 0.1) is 0 Å². The maximum Gasteiger partial charge on any atom is 0.228 e. The van der Waals surface area contributed by atoms with Gasteiger partial charge in [0, 0.05) is 17.8 Å². The van der Waals surface area contributed by atoms with E-state index in [2.05, 4.69) is 4.98 Å². The highest BCUT2D eigenvalue weighted by molar-refractivity contribution is 6.08. The lowest BCUT2D eigenvalue weighted by molar-refractivity contribution is 0.101. The molecule has 0 atom stereocenters. The molecule has 0 unspecified atom stereocenters. The highest BCUT2D eigenvalue weighted by atomic mass is 16.3. The van der Waals surface area contributed by atoms with Gasteiger partial charge in [0.2, 0.25) is 5.78 Å². The number of ketones is 1. The Bertz CT molecular complexity index is 638. The zero-order valence-electron chi connectivity index (χ0n) is 8.96. The molecule has 1 aromatic carbocycles. The number of hydrogen-bond acceptors (Lipinski definition) is 3. The maximum atomic E-state index is 12.1. The van der Waals surface area contributed by atoms with E-state index in [0.29, 0.717) is 22.4 Å². The first-order valence-electron chi connectivity index (χ1n) is 5.29. The summed E-state index contributed by atoms with van der Waals surface area (Å²) in [5, 5.41) is 0. The van der Waals surface area contributed by atoms with Crippen molar-refractivity contribution in [2.45, 2.75) is 0 Å². The van der Waals surface area contributed by atoms with Gasteiger partial charge in [-0.1, -0.05) is 30.3 Å². The molecule has 0 radical (unpaired) electrons. The fourth-order valence-electron chi connectivity index (χ4n) is 1.71. The van der Waals surface area contributed by atoms with Gasteiger partial charge in [-0.3, -0.25) is 9.78 Å². The summed E-state index contributed by atoms with van der Waals surface area (Å²) in [5.74, 6) is 0.202. The van der Waals surface area contributed by atoms with E-state index in [1.54, 1.807) is 36.5 Å². The van der Waals surface area contributed by atoms with Crippen molar-refractivity contribution >= 4 is 16.9 Å². The van der Waals surface area contributed by atoms with Gasteiger partial charge in [-0.2, -0.15) is 0 Å². The van der Waals surface area contributed by atoms with E-state index in [4.69, 9.17) is 4.42 Å². The second-order valence-electron chi connectivity index (χ2n) is 3.69. The second kappa shape index (κ2) is 3.87. The molecule has 3 rings (SSSR count). The Balaban J connectivity index is 2.07. The number of hydrogen-bond donors (Lipinski definition) is 0. The van der Waals surface area contributed by atoms with Crippen LogP contribution in [0.5, 0.6) is 0 Å². The largest absolute Gasteiger partial charge is 0.451 e. The molecule has 0 amide bonds. The van der Waals surface area contributed by atoms with Crippen molar-refractivity contribution in [1.82, 2.24) is 4.98 Å². The molecule has 0 aliphatic heterocycles. The van der Waals surface area contributed by atoms with E-state index in [1.807, 2.05) is 18.2 Å². The van der Waals surface area contributed by atoms with E-state index >= 15 is 0 Å². The number of nitrogens with zero attached hydrogens (tertiary/aromatic N) is 1. The van der Waals surface area contributed by atoms with Crippen LogP contribution in [0.4, 0.5) is 0 Å². The fourth-order valence-corrected chi connectivity index (χ4v) is 1.71. The summed E-state index contributed by atoms with van der Waals surface area (Å²) in [4.78, 5) is 16.2. The SMILES string of the molecule is O=C(c1ccccc1)c1cc2ncccc2o1. The summed E-state index contributed by atoms with van der Waals surface area (Å²) in [5.41, 5.74) is 1.95. The molecule has 0 fully saturated rings. The zero-order valence-corrected chi connectivity index (χ0v) is 8.96. The third-order valence-corrected chi connectivity index (χ3v) is 2.55. The number of fused-ring (bicyclic) bond motifs is 1. The Morgan fingerprint density at radius 3 is 2.65 bits per heavy atom. The molecular formula is C14H9NO2. The highest BCUT2D eigenvalue weighted by Gasteiger charge is 2.14. The maximum absolute atomic E-state index is 12.1. The third-order valence-electron chi connectivity index (χ3n) is 2.55. The molecule has 0 N–H and O–H groups in total. The monoisotopic (exact) mass is 223 g/mol. The predicted molar refractivity (Wildman–Crippen MR) is 63.9 cm³/mol. The Labute approximate surface area is 97.7 Å². The van der Waals surface area contributed by atoms with Gasteiger partial charge < -0.3 is 4.42 Å². The van der Waals surface area contributed by atoms with Crippen LogP contribution in [0.25, 0.3) is 11.1 Å². The van der Waals surface area contributed by atoms with Crippen LogP contribution in [0.1, 0.15) is 16.1 Å². The lowest BCUT2D eigenvalue weighted by Gasteiger charge is -1.95. The van der Waals surface area contributed by atoms with Crippen molar-refractivity contribution in [2.24, 2.45) is 0 Å². The van der Waals surface area contributed by atoms with Gasteiger partial charge in [-0.15, -0.1) is 0 Å². The van der Waals surface area contributed by atoms with E-state index in [-0.39, 0.29) is 5.78 Å². The summed E-state index contributed by atoms with van der Waals surface area (Å²) in [6, 6.07) is 14.3. The quantitative estimate of drug-likeness (QED) is 0.627. The standard InChI is InChI=1S/C14H9NO2/c16-14(10-5-2-1-3-6-10)13-9-11-12(17-13)7-4-8-15-11/h1-9H. The fraction of sp³-hybridized carbons (Fsp3) is 0. The van der Waals surface area contributed by atoms with Crippen LogP contribution in [0.15, 0.2) is 59.1 Å². The minimum absolute atomic E-state index is 0.122. The highest BCUT2D eigenvalue weighted by Crippen LogP contribution is 2.19. The number of carbonyl (C=O) groups excluding carboxylic acids is 1. The Hall–Kier alpha value is -2.42. The lowest BCUT2D eigenvalue weighted by atomic mass is 10.1. The van der Waals surface area contributed by atoms with E-state index < -0.39 is 0 Å². The summed E-state index contributed by atoms with van der Waals surface area (Å²) >= 11 is 0. The van der Waals surface area contributed by atoms with Gasteiger partial charge in [-0.05, 0) is 12.1 Å². The second-order valence-corrected chi connectivity index (χ2v) is 3.69. The molecule has 0 aliphatic carbocycles. The summed E-state index contributed by atoms with van der Waals surface area (Å²) in [7, 11) is 0. The number of furan rings is 1. The molecule has 0 bridgehead atoms. The predicted octanol–water partition coefficient (Wildman–Crippen LogP) is 3.06. The molecule has 3 aromatic rings. The van der Waals surface area contributed by atoms with E-state index in [1.165, 1.54) is 0 Å². The van der Waals surface area contributed by atoms with Crippen molar-refractivity contribution in [3.8, 4) is 0 Å². The van der Waals surface area contributed by atoms with Crippen molar-refractivity contribution in [3.63, 3.8) is 0 Å². The third kappa shape index (κ3) is 1.72. The molecule has 17 heavy (non-hydrogen) atoms. The normalized spacial score (nSPS) is 10.6. The number of benzene rings is 1. The van der Waals surface area contributed by atoms with Gasteiger partial charge in [0.05, 0.1) is 0 Å². The first-order chi connectivity index (χ1) is 8.34. The molecule has 0 aliphatic rings. The van der Waals surface area contributed by atoms with Crippen molar-refractivity contribution in [2.75, 3.05) is 0 Å². The Morgan fingerprint density at radius 2 is 1.88 bits per heavy atom. The van der Waals surface area contributed by atoms with Crippen LogP contribution in [-0.4, -0.2) is 10.8 Å². The topological polar surface area (TPSA) is 43.1 Å². The Morgan fingerprint density at radius 1 is 1.06 bits per heavy atom. The van der Waals surface area contributed by atoms with Crippen molar-refractivity contribution in [3.05, 3.63) is 66.1 Å². The molecule has 3 nitrogen and oxygen atoms in total. The average Bonchev–Trinajstić information content (AvgIpc) is 2.82. The van der Waals surface area contributed by atoms with Crippen LogP contribution < -0.4 is 0 Å². The van der Waals surface area contributed by atoms with Gasteiger partial charge in [0.15, 0.2) is 11.3 Å². The van der Waals surface area contributed by atoms with Crippen LogP contribution in [-0.2, 0) is 0 Å². The molecule has 0 saturated heterocycles. The van der Waals surface area contributed by atoms with Crippen molar-refractivity contribution in [1.29, 1.82) is 0 Å². The van der Waals surface area contributed by atoms with E-state index in [9.17, 15) is 4.79 Å². The number of carbonyl (C=O) groups is 1. The smallest absolute Gasteiger partial charge is 0.228 e. The van der Waals surface area contributed by atoms with Gasteiger partial charge in [0.25, 0.3) is 0 Å². The molecular weight excluding hydrogens is 214 g/mol. The van der Waals surface area contributed by atoms with Gasteiger partial charge >= 0.3 is 0 Å². The molecule has 3 heteroatoms. The van der Waals surface area contributed by atoms with Gasteiger partial charge in [0.1, 0.15) is 5.52 Å². The minimum Gasteiger partial charge on any atom is -0.451 e.